The number of aryl methyl sites for hydroxylation is 2. The second kappa shape index (κ2) is 9.40. The topological polar surface area (TPSA) is 64.6 Å². The number of carbonyl (C=O) groups excluding carboxylic acids is 2. The zero-order valence-electron chi connectivity index (χ0n) is 16.5. The van der Waals surface area contributed by atoms with Crippen molar-refractivity contribution in [1.82, 2.24) is 5.32 Å². The number of ether oxygens (including phenoxy) is 2. The Morgan fingerprint density at radius 1 is 1.04 bits per heavy atom. The van der Waals surface area contributed by atoms with Crippen LogP contribution in [-0.2, 0) is 28.8 Å². The molecule has 148 valence electrons. The summed E-state index contributed by atoms with van der Waals surface area (Å²) in [5, 5.41) is 2.82. The number of methoxy groups -OCH3 is 1. The standard InChI is InChI=1S/C23H27NO4/c1-16(22(25)24-14-13-17-7-11-21(27-2)12-8-17)28-23(26)20-10-9-18-5-3-4-6-19(18)15-20/h7-12,15-16H,3-6,13-14H2,1-2H3,(H,24,25)/t16-/m0/s1. The predicted octanol–water partition coefficient (Wildman–Crippen LogP) is 3.48. The Morgan fingerprint density at radius 2 is 1.75 bits per heavy atom. The molecule has 0 fully saturated rings. The molecule has 1 aliphatic rings. The third-order valence-electron chi connectivity index (χ3n) is 5.11. The second-order valence-corrected chi connectivity index (χ2v) is 7.13. The van der Waals surface area contributed by atoms with Crippen molar-refractivity contribution < 1.29 is 19.1 Å². The van der Waals surface area contributed by atoms with Crippen molar-refractivity contribution in [3.05, 3.63) is 64.7 Å². The molecule has 2 aromatic rings. The summed E-state index contributed by atoms with van der Waals surface area (Å²) >= 11 is 0. The Morgan fingerprint density at radius 3 is 2.46 bits per heavy atom. The molecule has 3 rings (SSSR count). The highest BCUT2D eigenvalue weighted by molar-refractivity contribution is 5.92. The van der Waals surface area contributed by atoms with Crippen LogP contribution in [0.4, 0.5) is 0 Å². The van der Waals surface area contributed by atoms with Crippen LogP contribution >= 0.6 is 0 Å². The van der Waals surface area contributed by atoms with Gasteiger partial charge in [0, 0.05) is 6.54 Å². The summed E-state index contributed by atoms with van der Waals surface area (Å²) in [6.45, 7) is 2.07. The molecule has 1 aliphatic carbocycles. The van der Waals surface area contributed by atoms with Gasteiger partial charge in [0.25, 0.3) is 5.91 Å². The Bertz CT molecular complexity index is 829. The molecule has 2 aromatic carbocycles. The summed E-state index contributed by atoms with van der Waals surface area (Å²) in [6.07, 6.45) is 4.28. The quantitative estimate of drug-likeness (QED) is 0.746. The van der Waals surface area contributed by atoms with E-state index >= 15 is 0 Å². The first-order valence-corrected chi connectivity index (χ1v) is 9.80. The van der Waals surface area contributed by atoms with E-state index in [4.69, 9.17) is 9.47 Å². The van der Waals surface area contributed by atoms with Gasteiger partial charge >= 0.3 is 5.97 Å². The van der Waals surface area contributed by atoms with Crippen LogP contribution in [-0.4, -0.2) is 31.6 Å². The largest absolute Gasteiger partial charge is 0.497 e. The number of carbonyl (C=O) groups is 2. The predicted molar refractivity (Wildman–Crippen MR) is 108 cm³/mol. The van der Waals surface area contributed by atoms with Gasteiger partial charge in [-0.2, -0.15) is 0 Å². The molecule has 0 radical (unpaired) electrons. The normalized spacial score (nSPS) is 13.9. The van der Waals surface area contributed by atoms with Crippen LogP contribution in [0.2, 0.25) is 0 Å². The van der Waals surface area contributed by atoms with E-state index in [0.29, 0.717) is 18.5 Å². The van der Waals surface area contributed by atoms with Crippen LogP contribution in [0.25, 0.3) is 0 Å². The summed E-state index contributed by atoms with van der Waals surface area (Å²) in [6, 6.07) is 13.4. The monoisotopic (exact) mass is 381 g/mol. The van der Waals surface area contributed by atoms with Crippen molar-refractivity contribution in [2.24, 2.45) is 0 Å². The number of benzene rings is 2. The number of rotatable bonds is 7. The highest BCUT2D eigenvalue weighted by atomic mass is 16.5. The molecule has 28 heavy (non-hydrogen) atoms. The first kappa shape index (κ1) is 19.9. The van der Waals surface area contributed by atoms with Crippen molar-refractivity contribution >= 4 is 11.9 Å². The fourth-order valence-electron chi connectivity index (χ4n) is 3.41. The van der Waals surface area contributed by atoms with E-state index in [1.54, 1.807) is 20.1 Å². The maximum Gasteiger partial charge on any atom is 0.338 e. The molecule has 5 heteroatoms. The van der Waals surface area contributed by atoms with Gasteiger partial charge in [-0.3, -0.25) is 4.79 Å². The highest BCUT2D eigenvalue weighted by Crippen LogP contribution is 2.22. The Kier molecular flexibility index (Phi) is 6.69. The van der Waals surface area contributed by atoms with Gasteiger partial charge in [-0.05, 0) is 80.0 Å². The first-order valence-electron chi connectivity index (χ1n) is 9.80. The lowest BCUT2D eigenvalue weighted by Crippen LogP contribution is -2.36. The molecule has 0 aromatic heterocycles. The van der Waals surface area contributed by atoms with Gasteiger partial charge in [0.2, 0.25) is 0 Å². The van der Waals surface area contributed by atoms with Gasteiger partial charge in [-0.15, -0.1) is 0 Å². The van der Waals surface area contributed by atoms with Gasteiger partial charge in [-0.25, -0.2) is 4.79 Å². The fourth-order valence-corrected chi connectivity index (χ4v) is 3.41. The molecule has 0 spiro atoms. The van der Waals surface area contributed by atoms with Crippen LogP contribution < -0.4 is 10.1 Å². The van der Waals surface area contributed by atoms with E-state index in [1.165, 1.54) is 17.5 Å². The minimum atomic E-state index is -0.834. The molecule has 0 aliphatic heterocycles. The molecular weight excluding hydrogens is 354 g/mol. The number of esters is 1. The van der Waals surface area contributed by atoms with E-state index in [9.17, 15) is 9.59 Å². The summed E-state index contributed by atoms with van der Waals surface area (Å²) in [5.41, 5.74) is 4.14. The molecule has 1 atom stereocenters. The molecule has 0 heterocycles. The van der Waals surface area contributed by atoms with Crippen LogP contribution in [0.1, 0.15) is 46.8 Å². The van der Waals surface area contributed by atoms with E-state index in [0.717, 1.165) is 30.6 Å². The average Bonchev–Trinajstić information content (AvgIpc) is 2.73. The zero-order chi connectivity index (χ0) is 19.9. The molecular formula is C23H27NO4. The lowest BCUT2D eigenvalue weighted by atomic mass is 9.90. The lowest BCUT2D eigenvalue weighted by molar-refractivity contribution is -0.129. The van der Waals surface area contributed by atoms with E-state index in [-0.39, 0.29) is 5.91 Å². The molecule has 0 unspecified atom stereocenters. The van der Waals surface area contributed by atoms with Crippen molar-refractivity contribution in [3.63, 3.8) is 0 Å². The number of nitrogens with one attached hydrogen (secondary N) is 1. The fraction of sp³-hybridized carbons (Fsp3) is 0.391. The van der Waals surface area contributed by atoms with Gasteiger partial charge < -0.3 is 14.8 Å². The summed E-state index contributed by atoms with van der Waals surface area (Å²) in [5.74, 6) is 0.0569. The Labute approximate surface area is 166 Å². The maximum atomic E-state index is 12.4. The average molecular weight is 381 g/mol. The number of hydrogen-bond donors (Lipinski definition) is 1. The van der Waals surface area contributed by atoms with Crippen molar-refractivity contribution in [3.8, 4) is 5.75 Å². The van der Waals surface area contributed by atoms with E-state index in [1.807, 2.05) is 36.4 Å². The molecule has 5 nitrogen and oxygen atoms in total. The van der Waals surface area contributed by atoms with Crippen molar-refractivity contribution in [2.45, 2.75) is 45.1 Å². The second-order valence-electron chi connectivity index (χ2n) is 7.13. The number of hydrogen-bond acceptors (Lipinski definition) is 4. The van der Waals surface area contributed by atoms with E-state index in [2.05, 4.69) is 5.32 Å². The maximum absolute atomic E-state index is 12.4. The molecule has 0 saturated heterocycles. The highest BCUT2D eigenvalue weighted by Gasteiger charge is 2.20. The van der Waals surface area contributed by atoms with Crippen LogP contribution in [0, 0.1) is 0 Å². The van der Waals surface area contributed by atoms with Crippen LogP contribution in [0.5, 0.6) is 5.75 Å². The number of amides is 1. The van der Waals surface area contributed by atoms with Gasteiger partial charge in [0.1, 0.15) is 5.75 Å². The lowest BCUT2D eigenvalue weighted by Gasteiger charge is -2.17. The zero-order valence-corrected chi connectivity index (χ0v) is 16.5. The van der Waals surface area contributed by atoms with Gasteiger partial charge in [0.15, 0.2) is 6.10 Å². The smallest absolute Gasteiger partial charge is 0.338 e. The van der Waals surface area contributed by atoms with Gasteiger partial charge in [0.05, 0.1) is 12.7 Å². The molecule has 1 amide bonds. The summed E-state index contributed by atoms with van der Waals surface area (Å²) in [7, 11) is 1.63. The Balaban J connectivity index is 1.47. The minimum absolute atomic E-state index is 0.292. The third-order valence-corrected chi connectivity index (χ3v) is 5.11. The van der Waals surface area contributed by atoms with Gasteiger partial charge in [-0.1, -0.05) is 18.2 Å². The third kappa shape index (κ3) is 5.12. The number of fused-ring (bicyclic) bond motifs is 1. The summed E-state index contributed by atoms with van der Waals surface area (Å²) < 4.78 is 10.5. The van der Waals surface area contributed by atoms with Crippen molar-refractivity contribution in [2.75, 3.05) is 13.7 Å². The molecule has 0 bridgehead atoms. The van der Waals surface area contributed by atoms with Crippen molar-refractivity contribution in [1.29, 1.82) is 0 Å². The molecule has 1 N–H and O–H groups in total. The minimum Gasteiger partial charge on any atom is -0.497 e. The van der Waals surface area contributed by atoms with E-state index < -0.39 is 12.1 Å². The Hall–Kier alpha value is -2.82. The van der Waals surface area contributed by atoms with Crippen LogP contribution in [0.3, 0.4) is 0 Å². The van der Waals surface area contributed by atoms with Crippen LogP contribution in [0.15, 0.2) is 42.5 Å². The molecule has 0 saturated carbocycles. The first-order chi connectivity index (χ1) is 13.6. The SMILES string of the molecule is COc1ccc(CCNC(=O)[C@H](C)OC(=O)c2ccc3c(c2)CCCC3)cc1. The summed E-state index contributed by atoms with van der Waals surface area (Å²) in [4.78, 5) is 24.6.